The van der Waals surface area contributed by atoms with Crippen LogP contribution < -0.4 is 0 Å². The lowest BCUT2D eigenvalue weighted by molar-refractivity contribution is -0.116. The topological polar surface area (TPSA) is 77.8 Å². The van der Waals surface area contributed by atoms with Crippen LogP contribution in [-0.2, 0) is 4.79 Å². The minimum absolute atomic E-state index is 0.243. The summed E-state index contributed by atoms with van der Waals surface area (Å²) < 4.78 is 0. The van der Waals surface area contributed by atoms with Gasteiger partial charge in [0.1, 0.15) is 5.57 Å². The highest BCUT2D eigenvalue weighted by Gasteiger charge is 2.33. The number of carbonyl (C=O) groups excluding carboxylic acids is 1. The predicted molar refractivity (Wildman–Crippen MR) is 28.0 cm³/mol. The second-order valence-corrected chi connectivity index (χ2v) is 1.57. The van der Waals surface area contributed by atoms with Crippen molar-refractivity contribution in [2.45, 2.75) is 0 Å². The maximum atomic E-state index is 10.3. The molecule has 0 unspecified atom stereocenters. The third-order valence-electron chi connectivity index (χ3n) is 1.07. The Morgan fingerprint density at radius 1 is 1.22 bits per heavy atom. The Balaban J connectivity index is 3.06. The monoisotopic (exact) mass is 128 g/mol. The molecule has 48 valence electrons. The summed E-state index contributed by atoms with van der Waals surface area (Å²) in [6, 6.07) is 0. The first-order chi connectivity index (χ1) is 4.18. The molecule has 0 amide bonds. The van der Waals surface area contributed by atoms with Crippen LogP contribution in [0.15, 0.2) is 23.4 Å². The van der Waals surface area contributed by atoms with Crippen molar-refractivity contribution in [1.29, 1.82) is 0 Å². The zero-order valence-corrected chi connectivity index (χ0v) is 4.33. The molecular formula is C5H4O4. The molecule has 0 atom stereocenters. The van der Waals surface area contributed by atoms with E-state index in [1.807, 2.05) is 0 Å². The second-order valence-electron chi connectivity index (χ2n) is 1.57. The third kappa shape index (κ3) is 0.495. The molecule has 4 heteroatoms. The molecule has 1 rings (SSSR count). The Kier molecular flexibility index (Phi) is 0.955. The summed E-state index contributed by atoms with van der Waals surface area (Å²) in [5.41, 5.74) is -0.243. The minimum Gasteiger partial charge on any atom is -0.515 e. The van der Waals surface area contributed by atoms with Gasteiger partial charge in [-0.3, -0.25) is 4.79 Å². The number of Topliss-reactive ketones (excluding diaryl/α,β-unsaturated/α-hetero) is 1. The quantitative estimate of drug-likeness (QED) is 0.324. The smallest absolute Gasteiger partial charge is 0.238 e. The van der Waals surface area contributed by atoms with Crippen molar-refractivity contribution >= 4 is 5.78 Å². The summed E-state index contributed by atoms with van der Waals surface area (Å²) in [7, 11) is 0. The van der Waals surface area contributed by atoms with E-state index >= 15 is 0 Å². The third-order valence-corrected chi connectivity index (χ3v) is 1.07. The fourth-order valence-corrected chi connectivity index (χ4v) is 0.527. The summed E-state index contributed by atoms with van der Waals surface area (Å²) in [5, 5.41) is 25.1. The van der Waals surface area contributed by atoms with Crippen molar-refractivity contribution in [2.75, 3.05) is 0 Å². The van der Waals surface area contributed by atoms with E-state index in [1.54, 1.807) is 0 Å². The molecule has 1 aliphatic carbocycles. The summed E-state index contributed by atoms with van der Waals surface area (Å²) in [6.45, 7) is 0. The van der Waals surface area contributed by atoms with E-state index in [0.29, 0.717) is 6.26 Å². The molecule has 0 aromatic carbocycles. The average molecular weight is 128 g/mol. The van der Waals surface area contributed by atoms with E-state index in [0.717, 1.165) is 0 Å². The second kappa shape index (κ2) is 1.51. The van der Waals surface area contributed by atoms with Gasteiger partial charge >= 0.3 is 0 Å². The number of aliphatic hydroxyl groups is 3. The van der Waals surface area contributed by atoms with Crippen LogP contribution in [0.5, 0.6) is 0 Å². The molecule has 0 fully saturated rings. The first kappa shape index (κ1) is 5.68. The molecule has 0 saturated heterocycles. The largest absolute Gasteiger partial charge is 0.515 e. The number of rotatable bonds is 0. The van der Waals surface area contributed by atoms with Gasteiger partial charge in [-0.25, -0.2) is 0 Å². The SMILES string of the molecule is O=C1C(O)=C(O)/C1=C\O. The molecule has 0 radical (unpaired) electrons. The van der Waals surface area contributed by atoms with E-state index < -0.39 is 17.3 Å². The Labute approximate surface area is 50.4 Å². The molecule has 0 bridgehead atoms. The summed E-state index contributed by atoms with van der Waals surface area (Å²) >= 11 is 0. The normalized spacial score (nSPS) is 22.7. The summed E-state index contributed by atoms with van der Waals surface area (Å²) in [6.07, 6.45) is 0.456. The van der Waals surface area contributed by atoms with E-state index in [2.05, 4.69) is 0 Å². The van der Waals surface area contributed by atoms with Crippen molar-refractivity contribution in [3.63, 3.8) is 0 Å². The molecule has 0 heterocycles. The van der Waals surface area contributed by atoms with Crippen molar-refractivity contribution in [2.24, 2.45) is 0 Å². The van der Waals surface area contributed by atoms with E-state index in [4.69, 9.17) is 15.3 Å². The van der Waals surface area contributed by atoms with Crippen molar-refractivity contribution in [3.05, 3.63) is 23.4 Å². The Morgan fingerprint density at radius 2 is 1.78 bits per heavy atom. The summed E-state index contributed by atoms with van der Waals surface area (Å²) in [5.74, 6) is -1.95. The lowest BCUT2D eigenvalue weighted by Crippen LogP contribution is -2.21. The van der Waals surface area contributed by atoms with E-state index in [9.17, 15) is 4.79 Å². The lowest BCUT2D eigenvalue weighted by Gasteiger charge is -2.13. The van der Waals surface area contributed by atoms with Crippen LogP contribution >= 0.6 is 0 Å². The Hall–Kier alpha value is -1.45. The van der Waals surface area contributed by atoms with E-state index in [-0.39, 0.29) is 5.57 Å². The zero-order valence-electron chi connectivity index (χ0n) is 4.33. The van der Waals surface area contributed by atoms with Gasteiger partial charge in [-0.15, -0.1) is 0 Å². The van der Waals surface area contributed by atoms with Crippen molar-refractivity contribution in [1.82, 2.24) is 0 Å². The number of hydrogen-bond donors (Lipinski definition) is 3. The van der Waals surface area contributed by atoms with Crippen LogP contribution in [0.3, 0.4) is 0 Å². The highest BCUT2D eigenvalue weighted by Crippen LogP contribution is 2.24. The fourth-order valence-electron chi connectivity index (χ4n) is 0.527. The maximum Gasteiger partial charge on any atom is 0.238 e. The van der Waals surface area contributed by atoms with Gasteiger partial charge in [0.2, 0.25) is 11.5 Å². The van der Waals surface area contributed by atoms with Crippen LogP contribution in [0.25, 0.3) is 0 Å². The van der Waals surface area contributed by atoms with E-state index in [1.165, 1.54) is 0 Å². The highest BCUT2D eigenvalue weighted by atomic mass is 16.3. The first-order valence-electron chi connectivity index (χ1n) is 2.20. The first-order valence-corrected chi connectivity index (χ1v) is 2.20. The predicted octanol–water partition coefficient (Wildman–Crippen LogP) is 0.339. The van der Waals surface area contributed by atoms with Gasteiger partial charge in [0.15, 0.2) is 5.76 Å². The molecule has 0 saturated carbocycles. The number of allylic oxidation sites excluding steroid dienone is 2. The van der Waals surface area contributed by atoms with Gasteiger partial charge in [0.05, 0.1) is 6.26 Å². The van der Waals surface area contributed by atoms with Crippen LogP contribution in [0, 0.1) is 0 Å². The van der Waals surface area contributed by atoms with Gasteiger partial charge in [-0.2, -0.15) is 0 Å². The molecule has 0 aromatic rings. The molecule has 0 aromatic heterocycles. The lowest BCUT2D eigenvalue weighted by atomic mass is 9.97. The molecule has 9 heavy (non-hydrogen) atoms. The molecule has 0 spiro atoms. The Bertz CT molecular complexity index is 223. The van der Waals surface area contributed by atoms with Gasteiger partial charge in [-0.05, 0) is 0 Å². The number of ketones is 1. The van der Waals surface area contributed by atoms with Crippen molar-refractivity contribution in [3.8, 4) is 0 Å². The fraction of sp³-hybridized carbons (Fsp3) is 0. The summed E-state index contributed by atoms with van der Waals surface area (Å²) in [4.78, 5) is 10.3. The molecule has 1 aliphatic rings. The van der Waals surface area contributed by atoms with Gasteiger partial charge in [0, 0.05) is 0 Å². The highest BCUT2D eigenvalue weighted by molar-refractivity contribution is 6.17. The maximum absolute atomic E-state index is 10.3. The van der Waals surface area contributed by atoms with Gasteiger partial charge in [-0.1, -0.05) is 0 Å². The number of aliphatic hydroxyl groups excluding tert-OH is 3. The van der Waals surface area contributed by atoms with Crippen LogP contribution in [0.4, 0.5) is 0 Å². The average Bonchev–Trinajstić information content (AvgIpc) is 1.89. The molecule has 4 nitrogen and oxygen atoms in total. The van der Waals surface area contributed by atoms with Crippen LogP contribution in [0.1, 0.15) is 0 Å². The van der Waals surface area contributed by atoms with Crippen molar-refractivity contribution < 1.29 is 20.1 Å². The van der Waals surface area contributed by atoms with Gasteiger partial charge in [0.25, 0.3) is 0 Å². The standard InChI is InChI=1S/C5H4O4/c6-1-2-3(7)5(9)4(2)8/h1,6-7,9H/b2-1+. The van der Waals surface area contributed by atoms with Crippen LogP contribution in [0.2, 0.25) is 0 Å². The Morgan fingerprint density at radius 3 is 2.00 bits per heavy atom. The molecule has 0 aliphatic heterocycles. The number of hydrogen-bond acceptors (Lipinski definition) is 4. The van der Waals surface area contributed by atoms with Gasteiger partial charge < -0.3 is 15.3 Å². The zero-order chi connectivity index (χ0) is 7.02. The van der Waals surface area contributed by atoms with Crippen LogP contribution in [-0.4, -0.2) is 21.1 Å². The molecule has 3 N–H and O–H groups in total. The number of carbonyl (C=O) groups is 1. The minimum atomic E-state index is -0.727. The molecular weight excluding hydrogens is 124 g/mol.